The van der Waals surface area contributed by atoms with Crippen LogP contribution in [0.2, 0.25) is 10.0 Å². The average molecular weight is 426 g/mol. The van der Waals surface area contributed by atoms with E-state index in [1.807, 2.05) is 0 Å². The van der Waals surface area contributed by atoms with Crippen molar-refractivity contribution in [2.45, 2.75) is 12.8 Å². The van der Waals surface area contributed by atoms with E-state index < -0.39 is 17.1 Å². The van der Waals surface area contributed by atoms with Gasteiger partial charge in [0, 0.05) is 24.6 Å². The second-order valence-corrected chi connectivity index (χ2v) is 7.47. The largest absolute Gasteiger partial charge is 0.481 e. The van der Waals surface area contributed by atoms with Crippen molar-refractivity contribution in [3.05, 3.63) is 51.0 Å². The second kappa shape index (κ2) is 8.21. The van der Waals surface area contributed by atoms with E-state index in [0.717, 1.165) is 22.2 Å². The highest BCUT2D eigenvalue weighted by atomic mass is 35.5. The van der Waals surface area contributed by atoms with Gasteiger partial charge in [-0.3, -0.25) is 19.3 Å². The molecule has 1 aromatic carbocycles. The van der Waals surface area contributed by atoms with E-state index in [2.05, 4.69) is 0 Å². The number of hydrogen-bond donors (Lipinski definition) is 1. The van der Waals surface area contributed by atoms with Crippen molar-refractivity contribution in [3.8, 4) is 11.3 Å². The number of carbonyl (C=O) groups is 3. The Bertz CT molecular complexity index is 953. The van der Waals surface area contributed by atoms with Crippen molar-refractivity contribution in [1.82, 2.24) is 4.90 Å². The van der Waals surface area contributed by atoms with Crippen LogP contribution in [0.3, 0.4) is 0 Å². The van der Waals surface area contributed by atoms with E-state index in [0.29, 0.717) is 21.6 Å². The third-order valence-corrected chi connectivity index (χ3v) is 5.40. The number of carboxylic acids is 1. The van der Waals surface area contributed by atoms with Crippen LogP contribution in [-0.4, -0.2) is 33.7 Å². The molecule has 140 valence electrons. The molecule has 0 radical (unpaired) electrons. The number of amides is 2. The third kappa shape index (κ3) is 4.55. The molecule has 0 saturated carbocycles. The van der Waals surface area contributed by atoms with Gasteiger partial charge in [0.25, 0.3) is 11.1 Å². The summed E-state index contributed by atoms with van der Waals surface area (Å²) in [7, 11) is 0. The van der Waals surface area contributed by atoms with Gasteiger partial charge < -0.3 is 9.52 Å². The summed E-state index contributed by atoms with van der Waals surface area (Å²) in [6.45, 7) is 0.0704. The Morgan fingerprint density at radius 1 is 1.19 bits per heavy atom. The van der Waals surface area contributed by atoms with Crippen LogP contribution in [0.1, 0.15) is 18.6 Å². The van der Waals surface area contributed by atoms with Crippen molar-refractivity contribution in [1.29, 1.82) is 0 Å². The molecule has 0 unspecified atom stereocenters. The first-order valence-electron chi connectivity index (χ1n) is 7.87. The molecule has 3 rings (SSSR count). The van der Waals surface area contributed by atoms with Gasteiger partial charge >= 0.3 is 5.97 Å². The van der Waals surface area contributed by atoms with Crippen LogP contribution in [-0.2, 0) is 9.59 Å². The Morgan fingerprint density at radius 2 is 1.96 bits per heavy atom. The van der Waals surface area contributed by atoms with Crippen LogP contribution >= 0.6 is 35.0 Å². The topological polar surface area (TPSA) is 87.8 Å². The summed E-state index contributed by atoms with van der Waals surface area (Å²) in [6, 6.07) is 8.48. The number of halogens is 2. The molecule has 1 N–H and O–H groups in total. The van der Waals surface area contributed by atoms with Crippen molar-refractivity contribution in [2.75, 3.05) is 6.54 Å². The minimum Gasteiger partial charge on any atom is -0.481 e. The number of rotatable bonds is 6. The number of carbonyl (C=O) groups excluding carboxylic acids is 2. The molecule has 0 atom stereocenters. The Morgan fingerprint density at radius 3 is 2.67 bits per heavy atom. The fourth-order valence-electron chi connectivity index (χ4n) is 2.45. The highest BCUT2D eigenvalue weighted by Crippen LogP contribution is 2.34. The summed E-state index contributed by atoms with van der Waals surface area (Å²) in [5.41, 5.74) is 0.728. The number of hydrogen-bond acceptors (Lipinski definition) is 5. The van der Waals surface area contributed by atoms with E-state index >= 15 is 0 Å². The molecule has 1 fully saturated rings. The fraction of sp³-hybridized carbons (Fsp3) is 0.167. The number of thioether (sulfide) groups is 1. The van der Waals surface area contributed by atoms with Gasteiger partial charge in [-0.1, -0.05) is 23.2 Å². The number of nitrogens with zero attached hydrogens (tertiary/aromatic N) is 1. The van der Waals surface area contributed by atoms with E-state index in [4.69, 9.17) is 32.7 Å². The van der Waals surface area contributed by atoms with Gasteiger partial charge in [-0.15, -0.1) is 0 Å². The maximum atomic E-state index is 12.3. The molecule has 2 aromatic rings. The van der Waals surface area contributed by atoms with Crippen molar-refractivity contribution < 1.29 is 23.9 Å². The molecular formula is C18H13Cl2NO5S. The summed E-state index contributed by atoms with van der Waals surface area (Å²) >= 11 is 12.7. The molecule has 0 bridgehead atoms. The van der Waals surface area contributed by atoms with Gasteiger partial charge in [-0.2, -0.15) is 0 Å². The standard InChI is InChI=1S/C18H13Cl2NO5S/c19-12-5-3-10(8-13(12)20)14-6-4-11(26-14)9-15-17(24)21(18(25)27-15)7-1-2-16(22)23/h3-6,8-9H,1-2,7H2,(H,22,23). The van der Waals surface area contributed by atoms with E-state index in [9.17, 15) is 14.4 Å². The minimum atomic E-state index is -0.970. The zero-order valence-electron chi connectivity index (χ0n) is 13.8. The molecule has 27 heavy (non-hydrogen) atoms. The molecule has 0 aliphatic carbocycles. The number of furan rings is 1. The number of imide groups is 1. The predicted octanol–water partition coefficient (Wildman–Crippen LogP) is 5.15. The maximum Gasteiger partial charge on any atom is 0.303 e. The van der Waals surface area contributed by atoms with Crippen LogP contribution in [0.5, 0.6) is 0 Å². The molecule has 6 nitrogen and oxygen atoms in total. The molecule has 0 spiro atoms. The number of aliphatic carboxylic acids is 1. The average Bonchev–Trinajstić information content (AvgIpc) is 3.17. The number of carboxylic acid groups (broad SMARTS) is 1. The summed E-state index contributed by atoms with van der Waals surface area (Å²) < 4.78 is 5.71. The highest BCUT2D eigenvalue weighted by molar-refractivity contribution is 8.18. The zero-order chi connectivity index (χ0) is 19.6. The van der Waals surface area contributed by atoms with Gasteiger partial charge in [0.05, 0.1) is 15.0 Å². The monoisotopic (exact) mass is 425 g/mol. The highest BCUT2D eigenvalue weighted by Gasteiger charge is 2.34. The van der Waals surface area contributed by atoms with Crippen molar-refractivity contribution in [2.24, 2.45) is 0 Å². The van der Waals surface area contributed by atoms with Crippen LogP contribution < -0.4 is 0 Å². The van der Waals surface area contributed by atoms with Crippen LogP contribution in [0.4, 0.5) is 4.79 Å². The zero-order valence-corrected chi connectivity index (χ0v) is 16.1. The summed E-state index contributed by atoms with van der Waals surface area (Å²) in [5, 5.41) is 9.07. The molecule has 2 amide bonds. The lowest BCUT2D eigenvalue weighted by Gasteiger charge is -2.10. The van der Waals surface area contributed by atoms with Gasteiger partial charge in [0.1, 0.15) is 11.5 Å². The first-order chi connectivity index (χ1) is 12.8. The molecule has 1 aliphatic heterocycles. The van der Waals surface area contributed by atoms with E-state index in [1.165, 1.54) is 6.08 Å². The molecule has 1 aromatic heterocycles. The minimum absolute atomic E-state index is 0.0704. The Balaban J connectivity index is 1.74. The maximum absolute atomic E-state index is 12.3. The molecule has 9 heteroatoms. The second-order valence-electron chi connectivity index (χ2n) is 5.66. The summed E-state index contributed by atoms with van der Waals surface area (Å²) in [4.78, 5) is 36.2. The SMILES string of the molecule is O=C(O)CCCN1C(=O)SC(=Cc2ccc(-c3ccc(Cl)c(Cl)c3)o2)C1=O. The molecule has 1 saturated heterocycles. The van der Waals surface area contributed by atoms with Gasteiger partial charge in [0.2, 0.25) is 0 Å². The van der Waals surface area contributed by atoms with Gasteiger partial charge in [0.15, 0.2) is 0 Å². The predicted molar refractivity (Wildman–Crippen MR) is 104 cm³/mol. The lowest BCUT2D eigenvalue weighted by Crippen LogP contribution is -2.29. The third-order valence-electron chi connectivity index (χ3n) is 3.75. The van der Waals surface area contributed by atoms with Crippen LogP contribution in [0.25, 0.3) is 17.4 Å². The Labute approximate surface area is 168 Å². The fourth-order valence-corrected chi connectivity index (χ4v) is 3.59. The van der Waals surface area contributed by atoms with Crippen molar-refractivity contribution >= 4 is 58.2 Å². The lowest BCUT2D eigenvalue weighted by molar-refractivity contribution is -0.137. The Hall–Kier alpha value is -2.22. The quantitative estimate of drug-likeness (QED) is 0.643. The van der Waals surface area contributed by atoms with E-state index in [1.54, 1.807) is 30.3 Å². The van der Waals surface area contributed by atoms with Crippen LogP contribution in [0.15, 0.2) is 39.7 Å². The lowest BCUT2D eigenvalue weighted by atomic mass is 10.2. The number of benzene rings is 1. The van der Waals surface area contributed by atoms with Crippen molar-refractivity contribution in [3.63, 3.8) is 0 Å². The van der Waals surface area contributed by atoms with Crippen LogP contribution in [0, 0.1) is 0 Å². The first kappa shape index (κ1) is 19.5. The normalized spacial score (nSPS) is 15.8. The van der Waals surface area contributed by atoms with Gasteiger partial charge in [-0.05, 0) is 48.5 Å². The molecule has 2 heterocycles. The summed E-state index contributed by atoms with van der Waals surface area (Å²) in [5.74, 6) is -0.474. The Kier molecular flexibility index (Phi) is 5.94. The van der Waals surface area contributed by atoms with Gasteiger partial charge in [-0.25, -0.2) is 0 Å². The summed E-state index contributed by atoms with van der Waals surface area (Å²) in [6.07, 6.45) is 1.60. The molecular weight excluding hydrogens is 413 g/mol. The molecule has 1 aliphatic rings. The van der Waals surface area contributed by atoms with E-state index in [-0.39, 0.29) is 24.3 Å². The first-order valence-corrected chi connectivity index (χ1v) is 9.45. The smallest absolute Gasteiger partial charge is 0.303 e.